The lowest BCUT2D eigenvalue weighted by atomic mass is 9.79. The van der Waals surface area contributed by atoms with Crippen LogP contribution in [0.25, 0.3) is 0 Å². The van der Waals surface area contributed by atoms with Crippen molar-refractivity contribution in [2.24, 2.45) is 11.3 Å². The lowest BCUT2D eigenvalue weighted by Gasteiger charge is -2.30. The van der Waals surface area contributed by atoms with E-state index >= 15 is 0 Å². The van der Waals surface area contributed by atoms with Crippen molar-refractivity contribution in [3.8, 4) is 0 Å². The molecule has 3 rings (SSSR count). The number of rotatable bonds is 2. The van der Waals surface area contributed by atoms with Crippen molar-refractivity contribution in [1.29, 1.82) is 0 Å². The molecule has 0 aromatic heterocycles. The van der Waals surface area contributed by atoms with Crippen molar-refractivity contribution in [2.45, 2.75) is 51.6 Å². The van der Waals surface area contributed by atoms with E-state index in [2.05, 4.69) is 20.8 Å². The molecule has 0 radical (unpaired) electrons. The Morgan fingerprint density at radius 3 is 2.33 bits per heavy atom. The van der Waals surface area contributed by atoms with Gasteiger partial charge in [0.2, 0.25) is 0 Å². The summed E-state index contributed by atoms with van der Waals surface area (Å²) in [6.07, 6.45) is 2.68. The lowest BCUT2D eigenvalue weighted by Crippen LogP contribution is -2.28. The smallest absolute Gasteiger partial charge is 0.158 e. The number of epoxide rings is 1. The summed E-state index contributed by atoms with van der Waals surface area (Å²) in [4.78, 5) is 0. The van der Waals surface area contributed by atoms with Crippen LogP contribution in [0.5, 0.6) is 0 Å². The molecule has 3 atom stereocenters. The minimum Gasteiger partial charge on any atom is -0.366 e. The van der Waals surface area contributed by atoms with Crippen LogP contribution in [0.3, 0.4) is 0 Å². The molecule has 0 unspecified atom stereocenters. The van der Waals surface area contributed by atoms with Gasteiger partial charge in [-0.3, -0.25) is 0 Å². The minimum absolute atomic E-state index is 0.0374. The first kappa shape index (κ1) is 10.1. The van der Waals surface area contributed by atoms with Gasteiger partial charge in [-0.05, 0) is 24.7 Å². The molecule has 0 spiro atoms. The number of hydrogen-bond acceptors (Lipinski definition) is 3. The predicted molar refractivity (Wildman–Crippen MR) is 55.5 cm³/mol. The SMILES string of the molecule is CC1(C)[C@@H](CC2OCCO2)C[C@]2(C)O[C@H]12. The zero-order chi connectivity index (χ0) is 10.7. The first-order valence-electron chi connectivity index (χ1n) is 5.93. The van der Waals surface area contributed by atoms with E-state index in [1.807, 2.05) is 0 Å². The summed E-state index contributed by atoms with van der Waals surface area (Å²) in [6.45, 7) is 8.38. The first-order chi connectivity index (χ1) is 7.02. The molecule has 3 fully saturated rings. The fraction of sp³-hybridized carbons (Fsp3) is 1.00. The van der Waals surface area contributed by atoms with Crippen molar-refractivity contribution >= 4 is 0 Å². The number of ether oxygens (including phenoxy) is 3. The van der Waals surface area contributed by atoms with Crippen LogP contribution in [0.4, 0.5) is 0 Å². The quantitative estimate of drug-likeness (QED) is 0.656. The van der Waals surface area contributed by atoms with Gasteiger partial charge in [0, 0.05) is 6.42 Å². The summed E-state index contributed by atoms with van der Waals surface area (Å²) in [5.74, 6) is 0.671. The summed E-state index contributed by atoms with van der Waals surface area (Å²) < 4.78 is 16.8. The Bertz CT molecular complexity index is 270. The first-order valence-corrected chi connectivity index (χ1v) is 5.93. The molecule has 0 N–H and O–H groups in total. The Morgan fingerprint density at radius 1 is 1.13 bits per heavy atom. The summed E-state index contributed by atoms with van der Waals surface area (Å²) in [6, 6.07) is 0. The summed E-state index contributed by atoms with van der Waals surface area (Å²) >= 11 is 0. The second kappa shape index (κ2) is 2.96. The van der Waals surface area contributed by atoms with Crippen LogP contribution < -0.4 is 0 Å². The van der Waals surface area contributed by atoms with Crippen molar-refractivity contribution in [3.63, 3.8) is 0 Å². The summed E-state index contributed by atoms with van der Waals surface area (Å²) in [5.41, 5.74) is 0.441. The second-order valence-corrected chi connectivity index (χ2v) is 5.94. The fourth-order valence-corrected chi connectivity index (χ4v) is 3.46. The average Bonchev–Trinajstić information content (AvgIpc) is 2.57. The summed E-state index contributed by atoms with van der Waals surface area (Å²) in [7, 11) is 0. The van der Waals surface area contributed by atoms with Gasteiger partial charge in [-0.25, -0.2) is 0 Å². The van der Waals surface area contributed by atoms with E-state index in [9.17, 15) is 0 Å². The van der Waals surface area contributed by atoms with Crippen LogP contribution in [0, 0.1) is 11.3 Å². The fourth-order valence-electron chi connectivity index (χ4n) is 3.46. The van der Waals surface area contributed by atoms with Crippen LogP contribution in [0.1, 0.15) is 33.6 Å². The number of fused-ring (bicyclic) bond motifs is 1. The van der Waals surface area contributed by atoms with Gasteiger partial charge in [0.25, 0.3) is 0 Å². The van der Waals surface area contributed by atoms with Crippen LogP contribution in [-0.2, 0) is 14.2 Å². The molecule has 3 heteroatoms. The minimum atomic E-state index is 0.0374. The van der Waals surface area contributed by atoms with E-state index in [1.54, 1.807) is 0 Å². The molecule has 1 saturated carbocycles. The number of hydrogen-bond donors (Lipinski definition) is 0. The van der Waals surface area contributed by atoms with E-state index in [-0.39, 0.29) is 17.3 Å². The third-order valence-corrected chi connectivity index (χ3v) is 4.43. The highest BCUT2D eigenvalue weighted by Crippen LogP contribution is 2.63. The normalized spacial score (nSPS) is 48.2. The Morgan fingerprint density at radius 2 is 1.80 bits per heavy atom. The van der Waals surface area contributed by atoms with Crippen LogP contribution >= 0.6 is 0 Å². The van der Waals surface area contributed by atoms with Crippen molar-refractivity contribution in [1.82, 2.24) is 0 Å². The van der Waals surface area contributed by atoms with Gasteiger partial charge >= 0.3 is 0 Å². The van der Waals surface area contributed by atoms with Crippen LogP contribution in [0.2, 0.25) is 0 Å². The molecule has 0 aromatic rings. The zero-order valence-electron chi connectivity index (χ0n) is 9.79. The molecule has 2 saturated heterocycles. The Balaban J connectivity index is 1.67. The van der Waals surface area contributed by atoms with E-state index in [0.29, 0.717) is 12.0 Å². The molecule has 0 amide bonds. The lowest BCUT2D eigenvalue weighted by molar-refractivity contribution is -0.0720. The maximum atomic E-state index is 5.77. The van der Waals surface area contributed by atoms with Gasteiger partial charge in [0.05, 0.1) is 24.9 Å². The van der Waals surface area contributed by atoms with Crippen molar-refractivity contribution in [3.05, 3.63) is 0 Å². The third kappa shape index (κ3) is 1.44. The molecule has 15 heavy (non-hydrogen) atoms. The van der Waals surface area contributed by atoms with E-state index in [1.165, 1.54) is 0 Å². The molecule has 1 aliphatic carbocycles. The van der Waals surface area contributed by atoms with Crippen molar-refractivity contribution < 1.29 is 14.2 Å². The molecular formula is C12H20O3. The Kier molecular flexibility index (Phi) is 1.99. The van der Waals surface area contributed by atoms with Gasteiger partial charge in [-0.2, -0.15) is 0 Å². The van der Waals surface area contributed by atoms with Crippen LogP contribution in [0.15, 0.2) is 0 Å². The van der Waals surface area contributed by atoms with Crippen molar-refractivity contribution in [2.75, 3.05) is 13.2 Å². The predicted octanol–water partition coefficient (Wildman–Crippen LogP) is 1.95. The summed E-state index contributed by atoms with van der Waals surface area (Å²) in [5, 5.41) is 0. The highest BCUT2D eigenvalue weighted by molar-refractivity contribution is 5.16. The maximum Gasteiger partial charge on any atom is 0.158 e. The third-order valence-electron chi connectivity index (χ3n) is 4.43. The Labute approximate surface area is 91.1 Å². The van der Waals surface area contributed by atoms with Crippen LogP contribution in [-0.4, -0.2) is 31.2 Å². The van der Waals surface area contributed by atoms with Gasteiger partial charge in [0.1, 0.15) is 0 Å². The van der Waals surface area contributed by atoms with E-state index < -0.39 is 0 Å². The zero-order valence-corrected chi connectivity index (χ0v) is 9.79. The topological polar surface area (TPSA) is 31.0 Å². The molecule has 3 aliphatic rings. The van der Waals surface area contributed by atoms with Gasteiger partial charge in [-0.15, -0.1) is 0 Å². The molecule has 2 heterocycles. The van der Waals surface area contributed by atoms with Gasteiger partial charge in [0.15, 0.2) is 6.29 Å². The van der Waals surface area contributed by atoms with Gasteiger partial charge in [-0.1, -0.05) is 13.8 Å². The standard InChI is InChI=1S/C12H20O3/c1-11(2)8(6-9-13-4-5-14-9)7-12(3)10(11)15-12/h8-10H,4-7H2,1-3H3/t8-,10+,12-/m0/s1. The Hall–Kier alpha value is -0.120. The average molecular weight is 212 g/mol. The van der Waals surface area contributed by atoms with E-state index in [0.717, 1.165) is 26.1 Å². The molecule has 0 bridgehead atoms. The molecular weight excluding hydrogens is 192 g/mol. The largest absolute Gasteiger partial charge is 0.366 e. The molecule has 3 nitrogen and oxygen atoms in total. The second-order valence-electron chi connectivity index (χ2n) is 5.94. The highest BCUT2D eigenvalue weighted by Gasteiger charge is 2.68. The molecule has 86 valence electrons. The molecule has 2 aliphatic heterocycles. The maximum absolute atomic E-state index is 5.77. The van der Waals surface area contributed by atoms with Gasteiger partial charge < -0.3 is 14.2 Å². The monoisotopic (exact) mass is 212 g/mol. The van der Waals surface area contributed by atoms with E-state index in [4.69, 9.17) is 14.2 Å². The highest BCUT2D eigenvalue weighted by atomic mass is 16.7. The molecule has 0 aromatic carbocycles.